The van der Waals surface area contributed by atoms with Crippen LogP contribution in [0.1, 0.15) is 13.3 Å². The van der Waals surface area contributed by atoms with Gasteiger partial charge in [0.15, 0.2) is 0 Å². The van der Waals surface area contributed by atoms with Gasteiger partial charge in [-0.15, -0.1) is 6.42 Å². The quantitative estimate of drug-likeness (QED) is 0.577. The summed E-state index contributed by atoms with van der Waals surface area (Å²) in [6.07, 6.45) is 5.75. The molecule has 0 aromatic heterocycles. The molecule has 0 heterocycles. The number of nitrogens with one attached hydrogen (secondary N) is 1. The first-order valence-corrected chi connectivity index (χ1v) is 7.56. The molecular formula is C13H18N2O3S. The molecule has 0 fully saturated rings. The van der Waals surface area contributed by atoms with Crippen molar-refractivity contribution < 1.29 is 13.2 Å². The van der Waals surface area contributed by atoms with Gasteiger partial charge in [0.1, 0.15) is 12.4 Å². The van der Waals surface area contributed by atoms with Gasteiger partial charge in [0.25, 0.3) is 0 Å². The third-order valence-electron chi connectivity index (χ3n) is 2.41. The van der Waals surface area contributed by atoms with Crippen LogP contribution in [0.4, 0.5) is 5.69 Å². The molecule has 0 spiro atoms. The maximum absolute atomic E-state index is 11.7. The van der Waals surface area contributed by atoms with Crippen LogP contribution in [0.25, 0.3) is 0 Å². The van der Waals surface area contributed by atoms with Crippen molar-refractivity contribution in [2.45, 2.75) is 19.4 Å². The smallest absolute Gasteiger partial charge is 0.216 e. The normalized spacial score (nSPS) is 12.6. The Balaban J connectivity index is 2.46. The average molecular weight is 282 g/mol. The third kappa shape index (κ3) is 5.64. The van der Waals surface area contributed by atoms with Crippen LogP contribution in [-0.4, -0.2) is 26.8 Å². The molecule has 1 aromatic carbocycles. The molecule has 5 nitrogen and oxygen atoms in total. The lowest BCUT2D eigenvalue weighted by Gasteiger charge is -2.12. The van der Waals surface area contributed by atoms with Gasteiger partial charge in [-0.25, -0.2) is 13.1 Å². The minimum Gasteiger partial charge on any atom is -0.492 e. The van der Waals surface area contributed by atoms with Crippen LogP contribution in [0, 0.1) is 12.3 Å². The first kappa shape index (κ1) is 15.3. The van der Waals surface area contributed by atoms with Gasteiger partial charge in [0, 0.05) is 11.8 Å². The molecule has 1 rings (SSSR count). The second-order valence-electron chi connectivity index (χ2n) is 3.99. The van der Waals surface area contributed by atoms with E-state index in [-0.39, 0.29) is 12.4 Å². The summed E-state index contributed by atoms with van der Waals surface area (Å²) in [6, 6.07) is 6.34. The fraction of sp³-hybridized carbons (Fsp3) is 0.385. The summed E-state index contributed by atoms with van der Waals surface area (Å²) in [5.74, 6) is 2.76. The zero-order valence-corrected chi connectivity index (χ0v) is 11.6. The number of hydrogen-bond donors (Lipinski definition) is 2. The predicted octanol–water partition coefficient (Wildman–Crippen LogP) is 0.979. The van der Waals surface area contributed by atoms with Crippen molar-refractivity contribution in [3.05, 3.63) is 24.3 Å². The van der Waals surface area contributed by atoms with E-state index in [1.54, 1.807) is 24.3 Å². The highest BCUT2D eigenvalue weighted by Crippen LogP contribution is 2.14. The summed E-state index contributed by atoms with van der Waals surface area (Å²) in [4.78, 5) is 0. The highest BCUT2D eigenvalue weighted by atomic mass is 32.2. The van der Waals surface area contributed by atoms with Crippen LogP contribution in [0.2, 0.25) is 0 Å². The number of rotatable bonds is 7. The lowest BCUT2D eigenvalue weighted by Crippen LogP contribution is -2.36. The van der Waals surface area contributed by atoms with Crippen molar-refractivity contribution in [3.8, 4) is 18.1 Å². The second kappa shape index (κ2) is 7.02. The standard InChI is InChI=1S/C13H18N2O3S/c1-3-12(4-2)15-19(16,17)9-8-18-13-7-5-6-11(14)10-13/h1,5-7,10,12,15H,4,8-9,14H2,2H3. The molecule has 1 atom stereocenters. The van der Waals surface area contributed by atoms with E-state index in [0.29, 0.717) is 17.9 Å². The van der Waals surface area contributed by atoms with Gasteiger partial charge < -0.3 is 10.5 Å². The molecular weight excluding hydrogens is 264 g/mol. The number of ether oxygens (including phenoxy) is 1. The molecule has 0 aliphatic carbocycles. The van der Waals surface area contributed by atoms with Crippen LogP contribution in [-0.2, 0) is 10.0 Å². The van der Waals surface area contributed by atoms with Gasteiger partial charge in [-0.3, -0.25) is 0 Å². The van der Waals surface area contributed by atoms with Gasteiger partial charge in [-0.1, -0.05) is 18.9 Å². The summed E-state index contributed by atoms with van der Waals surface area (Å²) in [7, 11) is -3.43. The Bertz CT molecular complexity index is 549. The molecule has 0 saturated heterocycles. The molecule has 0 bridgehead atoms. The maximum atomic E-state index is 11.7. The van der Waals surface area contributed by atoms with Crippen molar-refractivity contribution in [2.24, 2.45) is 0 Å². The van der Waals surface area contributed by atoms with E-state index in [2.05, 4.69) is 10.6 Å². The zero-order valence-electron chi connectivity index (χ0n) is 10.8. The van der Waals surface area contributed by atoms with Crippen molar-refractivity contribution in [3.63, 3.8) is 0 Å². The van der Waals surface area contributed by atoms with Gasteiger partial charge in [0.05, 0.1) is 11.8 Å². The first-order valence-electron chi connectivity index (χ1n) is 5.91. The van der Waals surface area contributed by atoms with E-state index in [0.717, 1.165) is 0 Å². The zero-order chi connectivity index (χ0) is 14.3. The van der Waals surface area contributed by atoms with Crippen LogP contribution in [0.3, 0.4) is 0 Å². The lowest BCUT2D eigenvalue weighted by molar-refractivity contribution is 0.340. The number of anilines is 1. The topological polar surface area (TPSA) is 81.4 Å². The van der Waals surface area contributed by atoms with E-state index in [4.69, 9.17) is 16.9 Å². The van der Waals surface area contributed by atoms with Crippen molar-refractivity contribution in [2.75, 3.05) is 18.1 Å². The number of nitrogens with two attached hydrogens (primary N) is 1. The van der Waals surface area contributed by atoms with Gasteiger partial charge in [-0.05, 0) is 18.6 Å². The molecule has 0 saturated carbocycles. The molecule has 3 N–H and O–H groups in total. The van der Waals surface area contributed by atoms with E-state index in [1.165, 1.54) is 0 Å². The summed E-state index contributed by atoms with van der Waals surface area (Å²) in [5, 5.41) is 0. The first-order chi connectivity index (χ1) is 8.96. The summed E-state index contributed by atoms with van der Waals surface area (Å²) in [6.45, 7) is 1.86. The summed E-state index contributed by atoms with van der Waals surface area (Å²) < 4.78 is 31.2. The van der Waals surface area contributed by atoms with Crippen LogP contribution in [0.15, 0.2) is 24.3 Å². The highest BCUT2D eigenvalue weighted by molar-refractivity contribution is 7.89. The van der Waals surface area contributed by atoms with Crippen molar-refractivity contribution in [1.29, 1.82) is 0 Å². The molecule has 0 radical (unpaired) electrons. The molecule has 1 aromatic rings. The SMILES string of the molecule is C#CC(CC)NS(=O)(=O)CCOc1cccc(N)c1. The third-order valence-corrected chi connectivity index (χ3v) is 3.76. The van der Waals surface area contributed by atoms with E-state index < -0.39 is 16.1 Å². The number of sulfonamides is 1. The van der Waals surface area contributed by atoms with Crippen LogP contribution < -0.4 is 15.2 Å². The largest absolute Gasteiger partial charge is 0.492 e. The average Bonchev–Trinajstić information content (AvgIpc) is 2.36. The Morgan fingerprint density at radius 3 is 2.84 bits per heavy atom. The highest BCUT2D eigenvalue weighted by Gasteiger charge is 2.14. The summed E-state index contributed by atoms with van der Waals surface area (Å²) >= 11 is 0. The van der Waals surface area contributed by atoms with Gasteiger partial charge in [0.2, 0.25) is 10.0 Å². The maximum Gasteiger partial charge on any atom is 0.216 e. The molecule has 104 valence electrons. The molecule has 0 amide bonds. The van der Waals surface area contributed by atoms with E-state index >= 15 is 0 Å². The monoisotopic (exact) mass is 282 g/mol. The van der Waals surface area contributed by atoms with Crippen LogP contribution >= 0.6 is 0 Å². The van der Waals surface area contributed by atoms with E-state index in [1.807, 2.05) is 6.92 Å². The number of benzene rings is 1. The summed E-state index contributed by atoms with van der Waals surface area (Å²) in [5.41, 5.74) is 6.15. The van der Waals surface area contributed by atoms with Crippen LogP contribution in [0.5, 0.6) is 5.75 Å². The lowest BCUT2D eigenvalue weighted by atomic mass is 10.3. The van der Waals surface area contributed by atoms with Gasteiger partial charge >= 0.3 is 0 Å². The molecule has 19 heavy (non-hydrogen) atoms. The number of nitrogen functional groups attached to an aromatic ring is 1. The van der Waals surface area contributed by atoms with Crippen molar-refractivity contribution in [1.82, 2.24) is 4.72 Å². The minimum absolute atomic E-state index is 0.0415. The molecule has 0 aliphatic rings. The van der Waals surface area contributed by atoms with Crippen molar-refractivity contribution >= 4 is 15.7 Å². The Hall–Kier alpha value is -1.71. The second-order valence-corrected chi connectivity index (χ2v) is 5.86. The Labute approximate surface area is 114 Å². The number of terminal acetylenes is 1. The van der Waals surface area contributed by atoms with Gasteiger partial charge in [-0.2, -0.15) is 0 Å². The Morgan fingerprint density at radius 1 is 1.53 bits per heavy atom. The Morgan fingerprint density at radius 2 is 2.26 bits per heavy atom. The van der Waals surface area contributed by atoms with E-state index in [9.17, 15) is 8.42 Å². The Kier molecular flexibility index (Phi) is 5.67. The fourth-order valence-corrected chi connectivity index (χ4v) is 2.47. The fourth-order valence-electron chi connectivity index (χ4n) is 1.38. The molecule has 1 unspecified atom stereocenters. The predicted molar refractivity (Wildman–Crippen MR) is 76.2 cm³/mol. The minimum atomic E-state index is -3.43. The molecule has 0 aliphatic heterocycles. The number of hydrogen-bond acceptors (Lipinski definition) is 4. The molecule has 6 heteroatoms.